The van der Waals surface area contributed by atoms with Crippen LogP contribution in [0.5, 0.6) is 0 Å². The van der Waals surface area contributed by atoms with Crippen molar-refractivity contribution in [3.63, 3.8) is 0 Å². The van der Waals surface area contributed by atoms with Gasteiger partial charge in [-0.1, -0.05) is 51.1 Å². The van der Waals surface area contributed by atoms with Gasteiger partial charge in [-0.3, -0.25) is 0 Å². The van der Waals surface area contributed by atoms with Gasteiger partial charge in [-0.05, 0) is 11.0 Å². The van der Waals surface area contributed by atoms with Crippen molar-refractivity contribution in [3.8, 4) is 0 Å². The lowest BCUT2D eigenvalue weighted by Crippen LogP contribution is -2.32. The third kappa shape index (κ3) is 3.16. The van der Waals surface area contributed by atoms with Gasteiger partial charge in [-0.25, -0.2) is 4.57 Å². The maximum atomic E-state index is 2.24. The highest BCUT2D eigenvalue weighted by Gasteiger charge is 2.13. The average molecular weight is 226 g/mol. The van der Waals surface area contributed by atoms with E-state index in [1.165, 1.54) is 11.1 Å². The van der Waals surface area contributed by atoms with Crippen LogP contribution in [0.1, 0.15) is 31.9 Å². The summed E-state index contributed by atoms with van der Waals surface area (Å²) in [6.07, 6.45) is 4.19. The minimum absolute atomic E-state index is 0.235. The van der Waals surface area contributed by atoms with Crippen molar-refractivity contribution in [2.24, 2.45) is 0 Å². The quantitative estimate of drug-likeness (QED) is 0.692. The molecule has 0 saturated carbocycles. The molecule has 0 spiro atoms. The van der Waals surface area contributed by atoms with Crippen molar-refractivity contribution in [2.45, 2.75) is 32.7 Å². The van der Waals surface area contributed by atoms with E-state index in [1.807, 2.05) is 6.07 Å². The number of rotatable bonds is 2. The molecule has 0 aliphatic carbocycles. The third-order valence-corrected chi connectivity index (χ3v) is 2.96. The number of benzene rings is 1. The SMILES string of the molecule is CC(C)(C)c1ccc(C[n+]2ccccc2)cc1. The van der Waals surface area contributed by atoms with Gasteiger partial charge in [0.15, 0.2) is 18.9 Å². The van der Waals surface area contributed by atoms with E-state index < -0.39 is 0 Å². The van der Waals surface area contributed by atoms with Gasteiger partial charge in [-0.15, -0.1) is 0 Å². The molecule has 0 bridgehead atoms. The summed E-state index contributed by atoms with van der Waals surface area (Å²) < 4.78 is 2.19. The first kappa shape index (κ1) is 11.8. The molecule has 1 aromatic carbocycles. The van der Waals surface area contributed by atoms with E-state index in [0.29, 0.717) is 0 Å². The van der Waals surface area contributed by atoms with E-state index in [4.69, 9.17) is 0 Å². The molecule has 17 heavy (non-hydrogen) atoms. The Kier molecular flexibility index (Phi) is 3.28. The van der Waals surface area contributed by atoms with Crippen LogP contribution in [-0.2, 0) is 12.0 Å². The van der Waals surface area contributed by atoms with Crippen molar-refractivity contribution in [2.75, 3.05) is 0 Å². The molecule has 0 atom stereocenters. The number of aromatic nitrogens is 1. The number of nitrogens with zero attached hydrogens (tertiary/aromatic N) is 1. The zero-order chi connectivity index (χ0) is 12.3. The zero-order valence-electron chi connectivity index (χ0n) is 10.9. The second-order valence-electron chi connectivity index (χ2n) is 5.49. The van der Waals surface area contributed by atoms with Crippen LogP contribution in [0.3, 0.4) is 0 Å². The Hall–Kier alpha value is -1.63. The molecule has 0 N–H and O–H groups in total. The molecule has 0 fully saturated rings. The van der Waals surface area contributed by atoms with Gasteiger partial charge in [0.1, 0.15) is 0 Å². The van der Waals surface area contributed by atoms with E-state index in [9.17, 15) is 0 Å². The van der Waals surface area contributed by atoms with Gasteiger partial charge in [0.2, 0.25) is 0 Å². The van der Waals surface area contributed by atoms with Crippen molar-refractivity contribution >= 4 is 0 Å². The first-order chi connectivity index (χ1) is 8.05. The molecule has 1 heteroatoms. The molecule has 1 heterocycles. The molecule has 1 aromatic heterocycles. The highest BCUT2D eigenvalue weighted by molar-refractivity contribution is 5.27. The number of hydrogen-bond acceptors (Lipinski definition) is 0. The average Bonchev–Trinajstić information content (AvgIpc) is 2.30. The lowest BCUT2D eigenvalue weighted by atomic mass is 9.87. The van der Waals surface area contributed by atoms with Crippen LogP contribution in [0.4, 0.5) is 0 Å². The summed E-state index contributed by atoms with van der Waals surface area (Å²) in [5, 5.41) is 0. The fraction of sp³-hybridized carbons (Fsp3) is 0.312. The van der Waals surface area contributed by atoms with Crippen LogP contribution in [-0.4, -0.2) is 0 Å². The minimum atomic E-state index is 0.235. The second-order valence-corrected chi connectivity index (χ2v) is 5.49. The highest BCUT2D eigenvalue weighted by atomic mass is 14.9. The summed E-state index contributed by atoms with van der Waals surface area (Å²) in [6.45, 7) is 7.67. The molecule has 2 aromatic rings. The van der Waals surface area contributed by atoms with E-state index >= 15 is 0 Å². The maximum absolute atomic E-state index is 2.24. The molecule has 0 aliphatic rings. The van der Waals surface area contributed by atoms with E-state index in [2.05, 4.69) is 74.1 Å². The van der Waals surface area contributed by atoms with Gasteiger partial charge < -0.3 is 0 Å². The van der Waals surface area contributed by atoms with Crippen LogP contribution < -0.4 is 4.57 Å². The van der Waals surface area contributed by atoms with Crippen LogP contribution >= 0.6 is 0 Å². The molecule has 0 aliphatic heterocycles. The first-order valence-corrected chi connectivity index (χ1v) is 6.09. The van der Waals surface area contributed by atoms with Crippen molar-refractivity contribution < 1.29 is 4.57 Å². The lowest BCUT2D eigenvalue weighted by molar-refractivity contribution is -0.688. The Morgan fingerprint density at radius 2 is 1.47 bits per heavy atom. The molecule has 0 saturated heterocycles. The standard InChI is InChI=1S/C16H20N/c1-16(2,3)15-9-7-14(8-10-15)13-17-11-5-4-6-12-17/h4-12H,13H2,1-3H3/q+1. The Morgan fingerprint density at radius 1 is 0.882 bits per heavy atom. The number of hydrogen-bond donors (Lipinski definition) is 0. The molecule has 0 amide bonds. The molecular formula is C16H20N+. The molecule has 88 valence electrons. The maximum Gasteiger partial charge on any atom is 0.173 e. The summed E-state index contributed by atoms with van der Waals surface area (Å²) in [6, 6.07) is 15.1. The smallest absolute Gasteiger partial charge is 0.173 e. The molecule has 2 rings (SSSR count). The fourth-order valence-electron chi connectivity index (χ4n) is 1.86. The van der Waals surface area contributed by atoms with Crippen molar-refractivity contribution in [1.29, 1.82) is 0 Å². The van der Waals surface area contributed by atoms with Gasteiger partial charge in [0.05, 0.1) is 0 Å². The normalized spacial score (nSPS) is 11.5. The Balaban J connectivity index is 2.14. The Morgan fingerprint density at radius 3 is 2.00 bits per heavy atom. The molecule has 0 radical (unpaired) electrons. The van der Waals surface area contributed by atoms with Crippen molar-refractivity contribution in [3.05, 3.63) is 66.0 Å². The topological polar surface area (TPSA) is 3.88 Å². The summed E-state index contributed by atoms with van der Waals surface area (Å²) in [5.41, 5.74) is 2.96. The largest absolute Gasteiger partial charge is 0.201 e. The summed E-state index contributed by atoms with van der Waals surface area (Å²) >= 11 is 0. The second kappa shape index (κ2) is 4.70. The van der Waals surface area contributed by atoms with Gasteiger partial charge in [-0.2, -0.15) is 0 Å². The van der Waals surface area contributed by atoms with Crippen molar-refractivity contribution in [1.82, 2.24) is 0 Å². The van der Waals surface area contributed by atoms with E-state index in [1.54, 1.807) is 0 Å². The molecule has 0 unspecified atom stereocenters. The van der Waals surface area contributed by atoms with E-state index in [0.717, 1.165) is 6.54 Å². The predicted octanol–water partition coefficient (Wildman–Crippen LogP) is 3.32. The Bertz CT molecular complexity index is 463. The van der Waals surface area contributed by atoms with E-state index in [-0.39, 0.29) is 5.41 Å². The van der Waals surface area contributed by atoms with Crippen LogP contribution in [0, 0.1) is 0 Å². The first-order valence-electron chi connectivity index (χ1n) is 6.09. The minimum Gasteiger partial charge on any atom is -0.201 e. The summed E-state index contributed by atoms with van der Waals surface area (Å²) in [5.74, 6) is 0. The van der Waals surface area contributed by atoms with Gasteiger partial charge in [0, 0.05) is 17.7 Å². The van der Waals surface area contributed by atoms with Gasteiger partial charge in [0.25, 0.3) is 0 Å². The number of pyridine rings is 1. The van der Waals surface area contributed by atoms with Crippen LogP contribution in [0.2, 0.25) is 0 Å². The van der Waals surface area contributed by atoms with Crippen LogP contribution in [0.25, 0.3) is 0 Å². The predicted molar refractivity (Wildman–Crippen MR) is 70.9 cm³/mol. The van der Waals surface area contributed by atoms with Gasteiger partial charge >= 0.3 is 0 Å². The lowest BCUT2D eigenvalue weighted by Gasteiger charge is -2.18. The fourth-order valence-corrected chi connectivity index (χ4v) is 1.86. The molecule has 1 nitrogen and oxygen atoms in total. The summed E-state index contributed by atoms with van der Waals surface area (Å²) in [4.78, 5) is 0. The zero-order valence-corrected chi connectivity index (χ0v) is 10.9. The third-order valence-electron chi connectivity index (χ3n) is 2.96. The monoisotopic (exact) mass is 226 g/mol. The highest BCUT2D eigenvalue weighted by Crippen LogP contribution is 2.21. The Labute approximate surface area is 104 Å². The summed E-state index contributed by atoms with van der Waals surface area (Å²) in [7, 11) is 0. The van der Waals surface area contributed by atoms with Crippen LogP contribution in [0.15, 0.2) is 54.9 Å². The molecular weight excluding hydrogens is 206 g/mol.